The van der Waals surface area contributed by atoms with Crippen molar-refractivity contribution in [2.24, 2.45) is 0 Å². The van der Waals surface area contributed by atoms with Gasteiger partial charge in [-0.15, -0.1) is 0 Å². The number of pyridine rings is 1. The van der Waals surface area contributed by atoms with Crippen molar-refractivity contribution in [3.8, 4) is 0 Å². The molecular weight excluding hydrogens is 208 g/mol. The van der Waals surface area contributed by atoms with E-state index < -0.39 is 0 Å². The lowest BCUT2D eigenvalue weighted by atomic mass is 10.1. The number of nitrogens with zero attached hydrogens (tertiary/aromatic N) is 1. The fourth-order valence-corrected chi connectivity index (χ4v) is 2.70. The highest BCUT2D eigenvalue weighted by atomic mass is 14.9. The van der Waals surface area contributed by atoms with Gasteiger partial charge in [0.1, 0.15) is 0 Å². The molecule has 1 heterocycles. The van der Waals surface area contributed by atoms with Crippen LogP contribution in [0.15, 0.2) is 36.7 Å². The van der Waals surface area contributed by atoms with Crippen molar-refractivity contribution in [1.29, 1.82) is 0 Å². The second-order valence-corrected chi connectivity index (χ2v) is 4.88. The van der Waals surface area contributed by atoms with Crippen molar-refractivity contribution < 1.29 is 0 Å². The average molecular weight is 226 g/mol. The number of benzene rings is 1. The van der Waals surface area contributed by atoms with Gasteiger partial charge in [-0.1, -0.05) is 37.1 Å². The second-order valence-electron chi connectivity index (χ2n) is 4.88. The highest BCUT2D eigenvalue weighted by Crippen LogP contribution is 2.20. The predicted octanol–water partition coefficient (Wildman–Crippen LogP) is 3.27. The van der Waals surface area contributed by atoms with E-state index in [4.69, 9.17) is 0 Å². The summed E-state index contributed by atoms with van der Waals surface area (Å²) >= 11 is 0. The SMILES string of the molecule is c1ccc2c(CNC3CCCC3)cncc2c1. The van der Waals surface area contributed by atoms with Crippen LogP contribution < -0.4 is 5.32 Å². The Morgan fingerprint density at radius 3 is 2.82 bits per heavy atom. The Morgan fingerprint density at radius 2 is 1.94 bits per heavy atom. The maximum atomic E-state index is 4.32. The van der Waals surface area contributed by atoms with Crippen molar-refractivity contribution in [3.63, 3.8) is 0 Å². The number of rotatable bonds is 3. The summed E-state index contributed by atoms with van der Waals surface area (Å²) in [6.07, 6.45) is 9.35. The largest absolute Gasteiger partial charge is 0.310 e. The Kier molecular flexibility index (Phi) is 3.06. The van der Waals surface area contributed by atoms with Gasteiger partial charge in [-0.05, 0) is 23.8 Å². The third-order valence-corrected chi connectivity index (χ3v) is 3.69. The minimum absolute atomic E-state index is 0.717. The summed E-state index contributed by atoms with van der Waals surface area (Å²) in [4.78, 5) is 4.32. The van der Waals surface area contributed by atoms with Gasteiger partial charge in [0.15, 0.2) is 0 Å². The van der Waals surface area contributed by atoms with Gasteiger partial charge in [0.2, 0.25) is 0 Å². The van der Waals surface area contributed by atoms with E-state index in [2.05, 4.69) is 34.6 Å². The molecule has 2 nitrogen and oxygen atoms in total. The number of aromatic nitrogens is 1. The molecule has 1 fully saturated rings. The first kappa shape index (κ1) is 10.7. The van der Waals surface area contributed by atoms with Crippen LogP contribution in [-0.4, -0.2) is 11.0 Å². The van der Waals surface area contributed by atoms with Crippen molar-refractivity contribution in [2.45, 2.75) is 38.3 Å². The first-order valence-corrected chi connectivity index (χ1v) is 6.48. The lowest BCUT2D eigenvalue weighted by molar-refractivity contribution is 0.525. The summed E-state index contributed by atoms with van der Waals surface area (Å²) in [7, 11) is 0. The Balaban J connectivity index is 1.79. The lowest BCUT2D eigenvalue weighted by Gasteiger charge is -2.12. The Labute approximate surface area is 102 Å². The summed E-state index contributed by atoms with van der Waals surface area (Å²) in [6.45, 7) is 0.943. The standard InChI is InChI=1S/C15H18N2/c1-4-8-15-12(5-1)9-16-10-13(15)11-17-14-6-2-3-7-14/h1,4-5,8-10,14,17H,2-3,6-7,11H2. The zero-order valence-corrected chi connectivity index (χ0v) is 10.0. The fraction of sp³-hybridized carbons (Fsp3) is 0.400. The highest BCUT2D eigenvalue weighted by molar-refractivity contribution is 5.84. The van der Waals surface area contributed by atoms with Crippen LogP contribution in [0, 0.1) is 0 Å². The third kappa shape index (κ3) is 2.32. The summed E-state index contributed by atoms with van der Waals surface area (Å²) in [6, 6.07) is 9.19. The van der Waals surface area contributed by atoms with Crippen LogP contribution in [0.2, 0.25) is 0 Å². The predicted molar refractivity (Wildman–Crippen MR) is 70.8 cm³/mol. The van der Waals surface area contributed by atoms with E-state index in [0.717, 1.165) is 6.54 Å². The molecule has 1 N–H and O–H groups in total. The van der Waals surface area contributed by atoms with Crippen molar-refractivity contribution in [1.82, 2.24) is 10.3 Å². The third-order valence-electron chi connectivity index (χ3n) is 3.69. The molecule has 0 unspecified atom stereocenters. The molecule has 2 aromatic rings. The van der Waals surface area contributed by atoms with Crippen LogP contribution in [-0.2, 0) is 6.54 Å². The van der Waals surface area contributed by atoms with Gasteiger partial charge in [0, 0.05) is 30.4 Å². The molecule has 1 aliphatic rings. The Morgan fingerprint density at radius 1 is 1.12 bits per heavy atom. The first-order chi connectivity index (χ1) is 8.43. The van der Waals surface area contributed by atoms with Gasteiger partial charge >= 0.3 is 0 Å². The number of fused-ring (bicyclic) bond motifs is 1. The summed E-state index contributed by atoms with van der Waals surface area (Å²) < 4.78 is 0. The maximum absolute atomic E-state index is 4.32. The molecule has 17 heavy (non-hydrogen) atoms. The molecule has 1 saturated carbocycles. The smallest absolute Gasteiger partial charge is 0.0346 e. The topological polar surface area (TPSA) is 24.9 Å². The zero-order valence-electron chi connectivity index (χ0n) is 10.0. The van der Waals surface area contributed by atoms with E-state index in [1.54, 1.807) is 0 Å². The first-order valence-electron chi connectivity index (χ1n) is 6.48. The van der Waals surface area contributed by atoms with Crippen LogP contribution in [0.1, 0.15) is 31.2 Å². The lowest BCUT2D eigenvalue weighted by Crippen LogP contribution is -2.25. The molecule has 2 heteroatoms. The van der Waals surface area contributed by atoms with Crippen molar-refractivity contribution in [2.75, 3.05) is 0 Å². The number of hydrogen-bond acceptors (Lipinski definition) is 2. The number of hydrogen-bond donors (Lipinski definition) is 1. The molecule has 0 amide bonds. The molecule has 0 saturated heterocycles. The highest BCUT2D eigenvalue weighted by Gasteiger charge is 2.14. The molecule has 0 aliphatic heterocycles. The van der Waals surface area contributed by atoms with E-state index in [-0.39, 0.29) is 0 Å². The maximum Gasteiger partial charge on any atom is 0.0346 e. The van der Waals surface area contributed by atoms with Crippen molar-refractivity contribution >= 4 is 10.8 Å². The normalized spacial score (nSPS) is 16.7. The summed E-state index contributed by atoms with van der Waals surface area (Å²) in [5.74, 6) is 0. The van der Waals surface area contributed by atoms with E-state index in [1.165, 1.54) is 42.0 Å². The van der Waals surface area contributed by atoms with Crippen LogP contribution in [0.3, 0.4) is 0 Å². The second kappa shape index (κ2) is 4.84. The Bertz CT molecular complexity index is 496. The van der Waals surface area contributed by atoms with Crippen molar-refractivity contribution in [3.05, 3.63) is 42.2 Å². The van der Waals surface area contributed by atoms with Crippen LogP contribution in [0.25, 0.3) is 10.8 Å². The zero-order chi connectivity index (χ0) is 11.5. The minimum atomic E-state index is 0.717. The van der Waals surface area contributed by atoms with Gasteiger partial charge in [0.25, 0.3) is 0 Å². The van der Waals surface area contributed by atoms with E-state index in [9.17, 15) is 0 Å². The molecule has 3 rings (SSSR count). The molecule has 1 aromatic heterocycles. The molecule has 0 radical (unpaired) electrons. The molecular formula is C15H18N2. The molecule has 0 spiro atoms. The average Bonchev–Trinajstić information content (AvgIpc) is 2.89. The minimum Gasteiger partial charge on any atom is -0.310 e. The number of nitrogens with one attached hydrogen (secondary N) is 1. The molecule has 1 aliphatic carbocycles. The van der Waals surface area contributed by atoms with Gasteiger partial charge in [-0.25, -0.2) is 0 Å². The van der Waals surface area contributed by atoms with Crippen LogP contribution >= 0.6 is 0 Å². The fourth-order valence-electron chi connectivity index (χ4n) is 2.70. The van der Waals surface area contributed by atoms with E-state index >= 15 is 0 Å². The molecule has 1 aromatic carbocycles. The quantitative estimate of drug-likeness (QED) is 0.869. The van der Waals surface area contributed by atoms with Gasteiger partial charge in [0.05, 0.1) is 0 Å². The van der Waals surface area contributed by atoms with Crippen LogP contribution in [0.4, 0.5) is 0 Å². The monoisotopic (exact) mass is 226 g/mol. The summed E-state index contributed by atoms with van der Waals surface area (Å²) in [5.41, 5.74) is 1.31. The molecule has 88 valence electrons. The molecule has 0 bridgehead atoms. The van der Waals surface area contributed by atoms with E-state index in [1.807, 2.05) is 12.4 Å². The molecule has 0 atom stereocenters. The Hall–Kier alpha value is -1.41. The van der Waals surface area contributed by atoms with E-state index in [0.29, 0.717) is 6.04 Å². The summed E-state index contributed by atoms with van der Waals surface area (Å²) in [5, 5.41) is 6.21. The van der Waals surface area contributed by atoms with Gasteiger partial charge in [-0.2, -0.15) is 0 Å². The van der Waals surface area contributed by atoms with Gasteiger partial charge < -0.3 is 5.32 Å². The van der Waals surface area contributed by atoms with Gasteiger partial charge in [-0.3, -0.25) is 4.98 Å². The van der Waals surface area contributed by atoms with Crippen LogP contribution in [0.5, 0.6) is 0 Å².